The monoisotopic (exact) mass is 313 g/mol. The quantitative estimate of drug-likeness (QED) is 0.544. The van der Waals surface area contributed by atoms with Crippen LogP contribution in [0.4, 0.5) is 0 Å². The van der Waals surface area contributed by atoms with E-state index < -0.39 is 5.97 Å². The number of hydrogen-bond donors (Lipinski definition) is 0. The molecule has 0 atom stereocenters. The molecule has 0 aliphatic rings. The molecule has 0 aliphatic carbocycles. The highest BCUT2D eigenvalue weighted by atomic mass is 35.5. The normalized spacial score (nSPS) is 10.2. The highest BCUT2D eigenvalue weighted by Gasteiger charge is 2.19. The fourth-order valence-electron chi connectivity index (χ4n) is 1.79. The van der Waals surface area contributed by atoms with Crippen LogP contribution in [0.1, 0.15) is 22.8 Å². The zero-order valence-corrected chi connectivity index (χ0v) is 13.1. The molecule has 0 radical (unpaired) electrons. The standard InChI is InChI=1S/C15H20ClNO4/c1-3-21-14(18)11-17(7-8-20-2)15(19)13-6-4-5-12(9-13)10-16/h4-6,9H,3,7-8,10-11H2,1-2H3. The summed E-state index contributed by atoms with van der Waals surface area (Å²) in [6, 6.07) is 7.03. The Labute approximate surface area is 129 Å². The molecule has 0 saturated carbocycles. The second-order valence-corrected chi connectivity index (χ2v) is 4.63. The van der Waals surface area contributed by atoms with Gasteiger partial charge in [0.25, 0.3) is 5.91 Å². The lowest BCUT2D eigenvalue weighted by Gasteiger charge is -2.21. The summed E-state index contributed by atoms with van der Waals surface area (Å²) >= 11 is 5.77. The largest absolute Gasteiger partial charge is 0.465 e. The first kappa shape index (κ1) is 17.5. The van der Waals surface area contributed by atoms with Gasteiger partial charge in [0, 0.05) is 25.1 Å². The summed E-state index contributed by atoms with van der Waals surface area (Å²) in [6.07, 6.45) is 0. The molecular formula is C15H20ClNO4. The third-order valence-electron chi connectivity index (χ3n) is 2.81. The van der Waals surface area contributed by atoms with Crippen LogP contribution in [0, 0.1) is 0 Å². The van der Waals surface area contributed by atoms with E-state index in [-0.39, 0.29) is 19.1 Å². The van der Waals surface area contributed by atoms with Crippen LogP contribution in [0.2, 0.25) is 0 Å². The second-order valence-electron chi connectivity index (χ2n) is 4.36. The SMILES string of the molecule is CCOC(=O)CN(CCOC)C(=O)c1cccc(CCl)c1. The average molecular weight is 314 g/mol. The molecule has 1 aromatic carbocycles. The Morgan fingerprint density at radius 1 is 1.33 bits per heavy atom. The number of benzene rings is 1. The molecule has 21 heavy (non-hydrogen) atoms. The summed E-state index contributed by atoms with van der Waals surface area (Å²) in [5.74, 6) is -0.348. The molecule has 0 unspecified atom stereocenters. The van der Waals surface area contributed by atoms with Gasteiger partial charge in [0.15, 0.2) is 0 Å². The van der Waals surface area contributed by atoms with Gasteiger partial charge in [-0.1, -0.05) is 12.1 Å². The molecule has 0 heterocycles. The van der Waals surface area contributed by atoms with E-state index in [9.17, 15) is 9.59 Å². The predicted octanol–water partition coefficient (Wildman–Crippen LogP) is 2.08. The number of esters is 1. The molecule has 1 amide bonds. The van der Waals surface area contributed by atoms with Gasteiger partial charge < -0.3 is 14.4 Å². The summed E-state index contributed by atoms with van der Waals surface area (Å²) in [5, 5.41) is 0. The van der Waals surface area contributed by atoms with Crippen molar-refractivity contribution in [1.82, 2.24) is 4.90 Å². The summed E-state index contributed by atoms with van der Waals surface area (Å²) in [7, 11) is 1.54. The third kappa shape index (κ3) is 5.73. The molecule has 0 aromatic heterocycles. The number of halogens is 1. The molecule has 6 heteroatoms. The molecule has 0 spiro atoms. The van der Waals surface area contributed by atoms with Gasteiger partial charge in [-0.25, -0.2) is 0 Å². The van der Waals surface area contributed by atoms with E-state index in [4.69, 9.17) is 21.1 Å². The van der Waals surface area contributed by atoms with Crippen molar-refractivity contribution in [3.8, 4) is 0 Å². The maximum absolute atomic E-state index is 12.5. The summed E-state index contributed by atoms with van der Waals surface area (Å²) in [4.78, 5) is 25.5. The maximum Gasteiger partial charge on any atom is 0.325 e. The molecule has 0 N–H and O–H groups in total. The van der Waals surface area contributed by atoms with E-state index in [1.165, 1.54) is 4.90 Å². The fraction of sp³-hybridized carbons (Fsp3) is 0.467. The lowest BCUT2D eigenvalue weighted by atomic mass is 10.1. The Kier molecular flexibility index (Phi) is 7.79. The van der Waals surface area contributed by atoms with E-state index in [2.05, 4.69) is 0 Å². The summed E-state index contributed by atoms with van der Waals surface area (Å²) in [6.45, 7) is 2.58. The highest BCUT2D eigenvalue weighted by Crippen LogP contribution is 2.11. The molecule has 0 bridgehead atoms. The second kappa shape index (κ2) is 9.37. The Hall–Kier alpha value is -1.59. The molecule has 5 nitrogen and oxygen atoms in total. The summed E-state index contributed by atoms with van der Waals surface area (Å²) < 4.78 is 9.87. The highest BCUT2D eigenvalue weighted by molar-refractivity contribution is 6.17. The van der Waals surface area contributed by atoms with Crippen molar-refractivity contribution in [3.05, 3.63) is 35.4 Å². The molecule has 0 saturated heterocycles. The van der Waals surface area contributed by atoms with Crippen LogP contribution in [-0.4, -0.2) is 50.2 Å². The average Bonchev–Trinajstić information content (AvgIpc) is 2.51. The van der Waals surface area contributed by atoms with Crippen LogP contribution in [0.15, 0.2) is 24.3 Å². The molecular weight excluding hydrogens is 294 g/mol. The first-order valence-electron chi connectivity index (χ1n) is 6.71. The van der Waals surface area contributed by atoms with Crippen molar-refractivity contribution in [3.63, 3.8) is 0 Å². The number of alkyl halides is 1. The van der Waals surface area contributed by atoms with Gasteiger partial charge >= 0.3 is 5.97 Å². The minimum Gasteiger partial charge on any atom is -0.465 e. The minimum absolute atomic E-state index is 0.0961. The van der Waals surface area contributed by atoms with E-state index in [0.717, 1.165) is 5.56 Å². The van der Waals surface area contributed by atoms with Gasteiger partial charge in [-0.3, -0.25) is 9.59 Å². The van der Waals surface area contributed by atoms with E-state index >= 15 is 0 Å². The fourth-order valence-corrected chi connectivity index (χ4v) is 1.95. The van der Waals surface area contributed by atoms with Crippen molar-refractivity contribution < 1.29 is 19.1 Å². The number of amides is 1. The number of rotatable bonds is 8. The Morgan fingerprint density at radius 2 is 2.10 bits per heavy atom. The van der Waals surface area contributed by atoms with Crippen molar-refractivity contribution in [1.29, 1.82) is 0 Å². The minimum atomic E-state index is -0.435. The number of nitrogens with zero attached hydrogens (tertiary/aromatic N) is 1. The topological polar surface area (TPSA) is 55.8 Å². The zero-order valence-electron chi connectivity index (χ0n) is 12.3. The molecule has 0 aliphatic heterocycles. The molecule has 116 valence electrons. The molecule has 0 fully saturated rings. The van der Waals surface area contributed by atoms with Crippen LogP contribution in [0.25, 0.3) is 0 Å². The summed E-state index contributed by atoms with van der Waals surface area (Å²) in [5.41, 5.74) is 1.35. The predicted molar refractivity (Wildman–Crippen MR) is 80.4 cm³/mol. The number of carbonyl (C=O) groups excluding carboxylic acids is 2. The number of ether oxygens (including phenoxy) is 2. The maximum atomic E-state index is 12.5. The molecule has 1 aromatic rings. The Morgan fingerprint density at radius 3 is 2.71 bits per heavy atom. The van der Waals surface area contributed by atoms with Crippen molar-refractivity contribution in [2.75, 3.05) is 33.4 Å². The Bertz CT molecular complexity index is 478. The number of methoxy groups -OCH3 is 1. The van der Waals surface area contributed by atoms with Crippen LogP contribution in [0.3, 0.4) is 0 Å². The van der Waals surface area contributed by atoms with Crippen LogP contribution >= 0.6 is 11.6 Å². The van der Waals surface area contributed by atoms with Gasteiger partial charge in [0.1, 0.15) is 6.54 Å². The van der Waals surface area contributed by atoms with E-state index in [1.807, 2.05) is 6.07 Å². The van der Waals surface area contributed by atoms with Gasteiger partial charge in [0.05, 0.1) is 13.2 Å². The van der Waals surface area contributed by atoms with Crippen LogP contribution in [0.5, 0.6) is 0 Å². The van der Waals surface area contributed by atoms with Crippen molar-refractivity contribution >= 4 is 23.5 Å². The van der Waals surface area contributed by atoms with E-state index in [1.54, 1.807) is 32.2 Å². The van der Waals surface area contributed by atoms with Crippen molar-refractivity contribution in [2.24, 2.45) is 0 Å². The molecule has 1 rings (SSSR count). The number of hydrogen-bond acceptors (Lipinski definition) is 4. The smallest absolute Gasteiger partial charge is 0.325 e. The first-order chi connectivity index (χ1) is 10.1. The Balaban J connectivity index is 2.84. The van der Waals surface area contributed by atoms with Gasteiger partial charge in [-0.15, -0.1) is 11.6 Å². The number of carbonyl (C=O) groups is 2. The van der Waals surface area contributed by atoms with Crippen molar-refractivity contribution in [2.45, 2.75) is 12.8 Å². The van der Waals surface area contributed by atoms with Crippen LogP contribution < -0.4 is 0 Å². The van der Waals surface area contributed by atoms with Gasteiger partial charge in [-0.2, -0.15) is 0 Å². The van der Waals surface area contributed by atoms with E-state index in [0.29, 0.717) is 24.6 Å². The third-order valence-corrected chi connectivity index (χ3v) is 3.11. The lowest BCUT2D eigenvalue weighted by Crippen LogP contribution is -2.38. The van der Waals surface area contributed by atoms with Gasteiger partial charge in [-0.05, 0) is 24.6 Å². The van der Waals surface area contributed by atoms with Gasteiger partial charge in [0.2, 0.25) is 0 Å². The first-order valence-corrected chi connectivity index (χ1v) is 7.24. The zero-order chi connectivity index (χ0) is 15.7. The van der Waals surface area contributed by atoms with Crippen LogP contribution in [-0.2, 0) is 20.1 Å². The lowest BCUT2D eigenvalue weighted by molar-refractivity contribution is -0.143.